The maximum absolute atomic E-state index is 12.6. The third-order valence-corrected chi connectivity index (χ3v) is 6.48. The standard InChI is InChI=1S/C25H28N2O5/c1-15(24(29)30)26-23(28)20-12-6-7-13-22(20)27-25(31)32-14-21-18-10-4-2-8-16(18)17-9-3-5-11-19(17)21/h2-5,8-11,15,20-22H,6-7,12-14H2,1H3,(H,26,28)(H,27,31)(H,29,30)/t15?,20-,22+/m1/s1. The van der Waals surface area contributed by atoms with Gasteiger partial charge in [0.25, 0.3) is 0 Å². The molecule has 7 heteroatoms. The van der Waals surface area contributed by atoms with Gasteiger partial charge in [0, 0.05) is 12.0 Å². The molecular weight excluding hydrogens is 408 g/mol. The summed E-state index contributed by atoms with van der Waals surface area (Å²) in [5.74, 6) is -1.93. The minimum absolute atomic E-state index is 0.0324. The molecule has 168 valence electrons. The molecule has 4 rings (SSSR count). The van der Waals surface area contributed by atoms with Gasteiger partial charge < -0.3 is 20.5 Å². The maximum Gasteiger partial charge on any atom is 0.407 e. The zero-order valence-corrected chi connectivity index (χ0v) is 18.0. The molecule has 32 heavy (non-hydrogen) atoms. The summed E-state index contributed by atoms with van der Waals surface area (Å²) in [6.07, 6.45) is 2.47. The number of aliphatic carboxylic acids is 1. The Morgan fingerprint density at radius 2 is 1.59 bits per heavy atom. The average Bonchev–Trinajstić information content (AvgIpc) is 3.11. The quantitative estimate of drug-likeness (QED) is 0.641. The van der Waals surface area contributed by atoms with E-state index in [1.165, 1.54) is 6.92 Å². The molecular formula is C25H28N2O5. The molecule has 3 atom stereocenters. The van der Waals surface area contributed by atoms with Crippen molar-refractivity contribution in [2.24, 2.45) is 5.92 Å². The fourth-order valence-corrected chi connectivity index (χ4v) is 4.79. The number of hydrogen-bond donors (Lipinski definition) is 3. The van der Waals surface area contributed by atoms with Crippen LogP contribution in [0.15, 0.2) is 48.5 Å². The van der Waals surface area contributed by atoms with Crippen LogP contribution in [0.1, 0.15) is 49.7 Å². The Bertz CT molecular complexity index is 975. The van der Waals surface area contributed by atoms with E-state index in [1.807, 2.05) is 24.3 Å². The van der Waals surface area contributed by atoms with E-state index in [-0.39, 0.29) is 24.5 Å². The van der Waals surface area contributed by atoms with Gasteiger partial charge >= 0.3 is 12.1 Å². The first-order valence-corrected chi connectivity index (χ1v) is 11.1. The predicted octanol–water partition coefficient (Wildman–Crippen LogP) is 3.67. The molecule has 2 aliphatic rings. The normalized spacial score (nSPS) is 20.5. The van der Waals surface area contributed by atoms with Crippen LogP contribution < -0.4 is 10.6 Å². The Hall–Kier alpha value is -3.35. The second-order valence-corrected chi connectivity index (χ2v) is 8.54. The summed E-state index contributed by atoms with van der Waals surface area (Å²) in [5.41, 5.74) is 4.60. The second-order valence-electron chi connectivity index (χ2n) is 8.54. The lowest BCUT2D eigenvalue weighted by atomic mass is 9.83. The van der Waals surface area contributed by atoms with Crippen LogP contribution in [0.3, 0.4) is 0 Å². The van der Waals surface area contributed by atoms with Gasteiger partial charge in [-0.15, -0.1) is 0 Å². The largest absolute Gasteiger partial charge is 0.480 e. The Morgan fingerprint density at radius 3 is 2.22 bits per heavy atom. The second kappa shape index (κ2) is 9.42. The SMILES string of the molecule is CC(NC(=O)[C@@H]1CCCC[C@@H]1NC(=O)OCC1c2ccccc2-c2ccccc21)C(=O)O. The summed E-state index contributed by atoms with van der Waals surface area (Å²) in [4.78, 5) is 36.3. The minimum Gasteiger partial charge on any atom is -0.480 e. The molecule has 1 fully saturated rings. The number of ether oxygens (including phenoxy) is 1. The van der Waals surface area contributed by atoms with Crippen LogP contribution in [0.2, 0.25) is 0 Å². The predicted molar refractivity (Wildman–Crippen MR) is 119 cm³/mol. The van der Waals surface area contributed by atoms with Gasteiger partial charge in [-0.05, 0) is 42.0 Å². The van der Waals surface area contributed by atoms with E-state index in [4.69, 9.17) is 9.84 Å². The van der Waals surface area contributed by atoms with E-state index in [0.29, 0.717) is 12.8 Å². The van der Waals surface area contributed by atoms with Crippen LogP contribution in [0, 0.1) is 5.92 Å². The molecule has 0 radical (unpaired) electrons. The molecule has 0 aromatic heterocycles. The highest BCUT2D eigenvalue weighted by atomic mass is 16.5. The molecule has 0 aliphatic heterocycles. The van der Waals surface area contributed by atoms with Gasteiger partial charge in [-0.1, -0.05) is 61.4 Å². The zero-order valence-electron chi connectivity index (χ0n) is 18.0. The van der Waals surface area contributed by atoms with Crippen molar-refractivity contribution in [2.75, 3.05) is 6.61 Å². The van der Waals surface area contributed by atoms with Crippen molar-refractivity contribution in [1.29, 1.82) is 0 Å². The lowest BCUT2D eigenvalue weighted by Crippen LogP contribution is -2.51. The molecule has 1 saturated carbocycles. The number of carboxylic acids is 1. The van der Waals surface area contributed by atoms with E-state index in [0.717, 1.165) is 35.1 Å². The smallest absolute Gasteiger partial charge is 0.407 e. The van der Waals surface area contributed by atoms with Crippen molar-refractivity contribution in [3.05, 3.63) is 59.7 Å². The minimum atomic E-state index is -1.09. The van der Waals surface area contributed by atoms with Crippen molar-refractivity contribution >= 4 is 18.0 Å². The Balaban J connectivity index is 1.39. The molecule has 0 saturated heterocycles. The summed E-state index contributed by atoms with van der Waals surface area (Å²) in [5, 5.41) is 14.4. The lowest BCUT2D eigenvalue weighted by molar-refractivity contribution is -0.142. The average molecular weight is 437 g/mol. The highest BCUT2D eigenvalue weighted by molar-refractivity contribution is 5.85. The number of rotatable bonds is 6. The van der Waals surface area contributed by atoms with Crippen molar-refractivity contribution < 1.29 is 24.2 Å². The van der Waals surface area contributed by atoms with Crippen molar-refractivity contribution in [1.82, 2.24) is 10.6 Å². The number of fused-ring (bicyclic) bond motifs is 3. The summed E-state index contributed by atoms with van der Waals surface area (Å²) in [6.45, 7) is 1.64. The van der Waals surface area contributed by atoms with Crippen LogP contribution in [-0.4, -0.2) is 41.8 Å². The molecule has 7 nitrogen and oxygen atoms in total. The Kier molecular flexibility index (Phi) is 6.44. The van der Waals surface area contributed by atoms with E-state index >= 15 is 0 Å². The number of amides is 2. The molecule has 2 aromatic rings. The summed E-state index contributed by atoms with van der Waals surface area (Å²) in [6, 6.07) is 14.9. The van der Waals surface area contributed by atoms with Crippen molar-refractivity contribution in [3.8, 4) is 11.1 Å². The third kappa shape index (κ3) is 4.47. The van der Waals surface area contributed by atoms with Crippen LogP contribution in [0.4, 0.5) is 4.79 Å². The highest BCUT2D eigenvalue weighted by Gasteiger charge is 2.34. The van der Waals surface area contributed by atoms with Gasteiger partial charge in [0.1, 0.15) is 12.6 Å². The molecule has 1 unspecified atom stereocenters. The topological polar surface area (TPSA) is 105 Å². The summed E-state index contributed by atoms with van der Waals surface area (Å²) in [7, 11) is 0. The van der Waals surface area contributed by atoms with Crippen LogP contribution in [0.5, 0.6) is 0 Å². The summed E-state index contributed by atoms with van der Waals surface area (Å²) < 4.78 is 5.61. The van der Waals surface area contributed by atoms with E-state index in [9.17, 15) is 14.4 Å². The first-order chi connectivity index (χ1) is 15.5. The fraction of sp³-hybridized carbons (Fsp3) is 0.400. The number of alkyl carbamates (subject to hydrolysis) is 1. The van der Waals surface area contributed by atoms with E-state index in [1.54, 1.807) is 0 Å². The number of carboxylic acid groups (broad SMARTS) is 1. The highest BCUT2D eigenvalue weighted by Crippen LogP contribution is 2.44. The first-order valence-electron chi connectivity index (χ1n) is 11.1. The molecule has 2 aromatic carbocycles. The van der Waals surface area contributed by atoms with E-state index < -0.39 is 24.0 Å². The van der Waals surface area contributed by atoms with Gasteiger partial charge in [-0.2, -0.15) is 0 Å². The molecule has 0 spiro atoms. The Labute approximate surface area is 187 Å². The van der Waals surface area contributed by atoms with Gasteiger partial charge in [-0.25, -0.2) is 4.79 Å². The van der Waals surface area contributed by atoms with Gasteiger partial charge in [0.15, 0.2) is 0 Å². The lowest BCUT2D eigenvalue weighted by Gasteiger charge is -2.31. The number of nitrogens with one attached hydrogen (secondary N) is 2. The third-order valence-electron chi connectivity index (χ3n) is 6.48. The Morgan fingerprint density at radius 1 is 1.00 bits per heavy atom. The van der Waals surface area contributed by atoms with Crippen molar-refractivity contribution in [3.63, 3.8) is 0 Å². The molecule has 3 N–H and O–H groups in total. The van der Waals surface area contributed by atoms with Crippen LogP contribution in [-0.2, 0) is 14.3 Å². The van der Waals surface area contributed by atoms with Gasteiger partial charge in [0.05, 0.1) is 5.92 Å². The maximum atomic E-state index is 12.6. The fourth-order valence-electron chi connectivity index (χ4n) is 4.79. The molecule has 2 aliphatic carbocycles. The molecule has 0 bridgehead atoms. The summed E-state index contributed by atoms with van der Waals surface area (Å²) >= 11 is 0. The number of carbonyl (C=O) groups excluding carboxylic acids is 2. The zero-order chi connectivity index (χ0) is 22.7. The number of benzene rings is 2. The van der Waals surface area contributed by atoms with Gasteiger partial charge in [-0.3, -0.25) is 9.59 Å². The first kappa shape index (κ1) is 21.9. The molecule has 0 heterocycles. The number of hydrogen-bond acceptors (Lipinski definition) is 4. The molecule has 2 amide bonds. The van der Waals surface area contributed by atoms with Gasteiger partial charge in [0.2, 0.25) is 5.91 Å². The number of carbonyl (C=O) groups is 3. The van der Waals surface area contributed by atoms with Crippen LogP contribution >= 0.6 is 0 Å². The van der Waals surface area contributed by atoms with Crippen LogP contribution in [0.25, 0.3) is 11.1 Å². The van der Waals surface area contributed by atoms with Crippen molar-refractivity contribution in [2.45, 2.75) is 50.6 Å². The monoisotopic (exact) mass is 436 g/mol. The van der Waals surface area contributed by atoms with E-state index in [2.05, 4.69) is 34.9 Å².